The van der Waals surface area contributed by atoms with Gasteiger partial charge < -0.3 is 15.7 Å². The number of hydrogen-bond donors (Lipinski definition) is 3. The van der Waals surface area contributed by atoms with Crippen molar-refractivity contribution in [1.82, 2.24) is 10.6 Å². The first kappa shape index (κ1) is 8.97. The Hall–Kier alpha value is -0.120. The van der Waals surface area contributed by atoms with Crippen LogP contribution in [0.1, 0.15) is 19.8 Å². The average molecular weight is 158 g/mol. The summed E-state index contributed by atoms with van der Waals surface area (Å²) in [4.78, 5) is 0. The van der Waals surface area contributed by atoms with E-state index in [1.54, 1.807) is 0 Å². The van der Waals surface area contributed by atoms with E-state index >= 15 is 0 Å². The van der Waals surface area contributed by atoms with Crippen molar-refractivity contribution < 1.29 is 5.11 Å². The number of rotatable bonds is 5. The summed E-state index contributed by atoms with van der Waals surface area (Å²) in [5.74, 6) is 0. The molecule has 1 aliphatic heterocycles. The molecule has 0 aromatic rings. The van der Waals surface area contributed by atoms with Crippen LogP contribution in [0, 0.1) is 0 Å². The van der Waals surface area contributed by atoms with Crippen LogP contribution in [-0.4, -0.2) is 36.9 Å². The molecule has 1 rings (SSSR count). The van der Waals surface area contributed by atoms with E-state index in [9.17, 15) is 5.11 Å². The van der Waals surface area contributed by atoms with Gasteiger partial charge in [-0.1, -0.05) is 6.92 Å². The van der Waals surface area contributed by atoms with Gasteiger partial charge in [-0.15, -0.1) is 0 Å². The second-order valence-corrected chi connectivity index (χ2v) is 3.16. The summed E-state index contributed by atoms with van der Waals surface area (Å²) >= 11 is 0. The molecule has 1 unspecified atom stereocenters. The first-order valence-electron chi connectivity index (χ1n) is 4.45. The third-order valence-electron chi connectivity index (χ3n) is 2.16. The van der Waals surface area contributed by atoms with E-state index < -0.39 is 0 Å². The first-order chi connectivity index (χ1) is 5.33. The van der Waals surface area contributed by atoms with Crippen molar-refractivity contribution in [1.29, 1.82) is 0 Å². The monoisotopic (exact) mass is 158 g/mol. The first-order valence-corrected chi connectivity index (χ1v) is 4.45. The summed E-state index contributed by atoms with van der Waals surface area (Å²) in [6.07, 6.45) is 1.63. The van der Waals surface area contributed by atoms with Gasteiger partial charge in [0.25, 0.3) is 0 Å². The highest BCUT2D eigenvalue weighted by molar-refractivity contribution is 4.81. The topological polar surface area (TPSA) is 44.3 Å². The minimum atomic E-state index is -0.115. The second kappa shape index (κ2) is 4.70. The molecule has 0 radical (unpaired) electrons. The normalized spacial score (nSPS) is 21.3. The van der Waals surface area contributed by atoms with Crippen LogP contribution in [0.2, 0.25) is 0 Å². The van der Waals surface area contributed by atoms with E-state index in [2.05, 4.69) is 10.6 Å². The summed E-state index contributed by atoms with van der Waals surface area (Å²) in [5.41, 5.74) is 0. The Morgan fingerprint density at radius 3 is 2.82 bits per heavy atom. The Labute approximate surface area is 68.2 Å². The summed E-state index contributed by atoms with van der Waals surface area (Å²) in [5, 5.41) is 15.8. The van der Waals surface area contributed by atoms with E-state index in [0.717, 1.165) is 32.5 Å². The molecule has 0 bridgehead atoms. The van der Waals surface area contributed by atoms with E-state index in [1.165, 1.54) is 0 Å². The molecule has 66 valence electrons. The van der Waals surface area contributed by atoms with Gasteiger partial charge in [-0.25, -0.2) is 0 Å². The summed E-state index contributed by atoms with van der Waals surface area (Å²) in [6.45, 7) is 5.13. The van der Waals surface area contributed by atoms with Gasteiger partial charge in [0.05, 0.1) is 6.10 Å². The van der Waals surface area contributed by atoms with E-state index in [-0.39, 0.29) is 6.10 Å². The zero-order valence-corrected chi connectivity index (χ0v) is 7.14. The average Bonchev–Trinajstić information content (AvgIpc) is 1.94. The predicted octanol–water partition coefficient (Wildman–Crippen LogP) is -0.291. The van der Waals surface area contributed by atoms with Crippen molar-refractivity contribution in [3.8, 4) is 0 Å². The summed E-state index contributed by atoms with van der Waals surface area (Å²) in [7, 11) is 0. The van der Waals surface area contributed by atoms with Crippen LogP contribution in [-0.2, 0) is 0 Å². The molecular weight excluding hydrogens is 140 g/mol. The minimum absolute atomic E-state index is 0.115. The van der Waals surface area contributed by atoms with Crippen molar-refractivity contribution in [3.05, 3.63) is 0 Å². The summed E-state index contributed by atoms with van der Waals surface area (Å²) < 4.78 is 0. The molecule has 1 saturated heterocycles. The largest absolute Gasteiger partial charge is 0.393 e. The molecule has 1 heterocycles. The van der Waals surface area contributed by atoms with Crippen LogP contribution < -0.4 is 10.6 Å². The van der Waals surface area contributed by atoms with Crippen LogP contribution >= 0.6 is 0 Å². The quantitative estimate of drug-likeness (QED) is 0.515. The molecule has 0 aliphatic carbocycles. The molecule has 1 fully saturated rings. The fourth-order valence-corrected chi connectivity index (χ4v) is 1.09. The molecule has 0 aromatic carbocycles. The molecule has 0 saturated carbocycles. The SMILES string of the molecule is CCC(O)CCNC1CNC1. The highest BCUT2D eigenvalue weighted by Gasteiger charge is 2.15. The number of hydrogen-bond acceptors (Lipinski definition) is 3. The molecule has 0 spiro atoms. The highest BCUT2D eigenvalue weighted by Crippen LogP contribution is 1.96. The fraction of sp³-hybridized carbons (Fsp3) is 1.00. The number of aliphatic hydroxyl groups is 1. The van der Waals surface area contributed by atoms with Crippen LogP contribution in [0.4, 0.5) is 0 Å². The maximum Gasteiger partial charge on any atom is 0.0549 e. The van der Waals surface area contributed by atoms with Gasteiger partial charge in [-0.2, -0.15) is 0 Å². The molecule has 1 atom stereocenters. The van der Waals surface area contributed by atoms with Crippen molar-refractivity contribution in [2.75, 3.05) is 19.6 Å². The second-order valence-electron chi connectivity index (χ2n) is 3.16. The van der Waals surface area contributed by atoms with Gasteiger partial charge in [-0.3, -0.25) is 0 Å². The van der Waals surface area contributed by atoms with Crippen molar-refractivity contribution in [2.24, 2.45) is 0 Å². The van der Waals surface area contributed by atoms with E-state index in [1.807, 2.05) is 6.92 Å². The van der Waals surface area contributed by atoms with Crippen molar-refractivity contribution in [2.45, 2.75) is 31.9 Å². The smallest absolute Gasteiger partial charge is 0.0549 e. The lowest BCUT2D eigenvalue weighted by molar-refractivity contribution is 0.157. The van der Waals surface area contributed by atoms with Crippen LogP contribution in [0.5, 0.6) is 0 Å². The van der Waals surface area contributed by atoms with Gasteiger partial charge >= 0.3 is 0 Å². The number of nitrogens with one attached hydrogen (secondary N) is 2. The molecule has 11 heavy (non-hydrogen) atoms. The lowest BCUT2D eigenvalue weighted by Gasteiger charge is -2.28. The third kappa shape index (κ3) is 3.18. The standard InChI is InChI=1S/C8H18N2O/c1-2-8(11)3-4-10-7-5-9-6-7/h7-11H,2-6H2,1H3. The molecule has 3 heteroatoms. The van der Waals surface area contributed by atoms with Crippen LogP contribution in [0.25, 0.3) is 0 Å². The Morgan fingerprint density at radius 2 is 2.36 bits per heavy atom. The van der Waals surface area contributed by atoms with Gasteiger partial charge in [0.1, 0.15) is 0 Å². The maximum atomic E-state index is 9.21. The lowest BCUT2D eigenvalue weighted by atomic mass is 10.1. The minimum Gasteiger partial charge on any atom is -0.393 e. The Bertz CT molecular complexity index is 99.5. The zero-order chi connectivity index (χ0) is 8.10. The van der Waals surface area contributed by atoms with Gasteiger partial charge in [0, 0.05) is 19.1 Å². The predicted molar refractivity (Wildman–Crippen MR) is 45.6 cm³/mol. The molecular formula is C8H18N2O. The van der Waals surface area contributed by atoms with Crippen molar-refractivity contribution >= 4 is 0 Å². The van der Waals surface area contributed by atoms with Gasteiger partial charge in [-0.05, 0) is 19.4 Å². The highest BCUT2D eigenvalue weighted by atomic mass is 16.3. The van der Waals surface area contributed by atoms with Gasteiger partial charge in [0.15, 0.2) is 0 Å². The molecule has 1 aliphatic rings. The lowest BCUT2D eigenvalue weighted by Crippen LogP contribution is -2.55. The Balaban J connectivity index is 1.86. The van der Waals surface area contributed by atoms with Crippen molar-refractivity contribution in [3.63, 3.8) is 0 Å². The number of aliphatic hydroxyl groups excluding tert-OH is 1. The van der Waals surface area contributed by atoms with E-state index in [4.69, 9.17) is 0 Å². The Kier molecular flexibility index (Phi) is 3.83. The molecule has 0 amide bonds. The fourth-order valence-electron chi connectivity index (χ4n) is 1.09. The third-order valence-corrected chi connectivity index (χ3v) is 2.16. The Morgan fingerprint density at radius 1 is 1.64 bits per heavy atom. The summed E-state index contributed by atoms with van der Waals surface area (Å²) in [6, 6.07) is 0.652. The van der Waals surface area contributed by atoms with Gasteiger partial charge in [0.2, 0.25) is 0 Å². The van der Waals surface area contributed by atoms with E-state index in [0.29, 0.717) is 6.04 Å². The van der Waals surface area contributed by atoms with Crippen LogP contribution in [0.3, 0.4) is 0 Å². The zero-order valence-electron chi connectivity index (χ0n) is 7.14. The molecule has 0 aromatic heterocycles. The molecule has 3 nitrogen and oxygen atoms in total. The molecule has 3 N–H and O–H groups in total. The maximum absolute atomic E-state index is 9.21. The van der Waals surface area contributed by atoms with Crippen LogP contribution in [0.15, 0.2) is 0 Å².